The molecule has 2 N–H and O–H groups in total. The van der Waals surface area contributed by atoms with Gasteiger partial charge in [-0.1, -0.05) is 17.7 Å². The largest absolute Gasteiger partial charge is 0.494 e. The first-order valence-electron chi connectivity index (χ1n) is 6.89. The lowest BCUT2D eigenvalue weighted by atomic mass is 10.2. The van der Waals surface area contributed by atoms with Gasteiger partial charge in [-0.15, -0.1) is 24.0 Å². The number of ether oxygens (including phenoxy) is 2. The third kappa shape index (κ3) is 9.52. The van der Waals surface area contributed by atoms with E-state index in [9.17, 15) is 0 Å². The number of benzene rings is 1. The van der Waals surface area contributed by atoms with Crippen LogP contribution in [-0.4, -0.2) is 46.4 Å². The van der Waals surface area contributed by atoms with Crippen molar-refractivity contribution in [1.82, 2.24) is 10.6 Å². The first-order chi connectivity index (χ1) is 9.76. The zero-order valence-corrected chi connectivity index (χ0v) is 15.3. The lowest BCUT2D eigenvalue weighted by molar-refractivity contribution is 0.203. The molecule has 0 aliphatic rings. The Hall–Kier alpha value is -1.02. The SMILES string of the molecule is CN=C(NCCCOc1ccc(C)cc1)NCCOC.I. The fraction of sp³-hybridized carbons (Fsp3) is 0.533. The lowest BCUT2D eigenvalue weighted by Crippen LogP contribution is -2.39. The average molecular weight is 407 g/mol. The Bertz CT molecular complexity index is 396. The van der Waals surface area contributed by atoms with Gasteiger partial charge in [0.1, 0.15) is 5.75 Å². The number of methoxy groups -OCH3 is 1. The van der Waals surface area contributed by atoms with E-state index in [2.05, 4.69) is 34.7 Å². The third-order valence-electron chi connectivity index (χ3n) is 2.73. The van der Waals surface area contributed by atoms with E-state index in [1.165, 1.54) is 5.56 Å². The number of hydrogen-bond acceptors (Lipinski definition) is 3. The summed E-state index contributed by atoms with van der Waals surface area (Å²) in [5, 5.41) is 6.39. The molecule has 1 rings (SSSR count). The predicted octanol–water partition coefficient (Wildman–Crippen LogP) is 2.19. The third-order valence-corrected chi connectivity index (χ3v) is 2.73. The normalized spacial score (nSPS) is 10.7. The van der Waals surface area contributed by atoms with Crippen LogP contribution >= 0.6 is 24.0 Å². The molecule has 0 saturated carbocycles. The van der Waals surface area contributed by atoms with E-state index in [4.69, 9.17) is 9.47 Å². The van der Waals surface area contributed by atoms with Crippen molar-refractivity contribution in [2.75, 3.05) is 40.5 Å². The molecule has 0 bridgehead atoms. The van der Waals surface area contributed by atoms with E-state index >= 15 is 0 Å². The van der Waals surface area contributed by atoms with Gasteiger partial charge in [-0.25, -0.2) is 0 Å². The molecule has 0 radical (unpaired) electrons. The van der Waals surface area contributed by atoms with Crippen LogP contribution in [0, 0.1) is 6.92 Å². The summed E-state index contributed by atoms with van der Waals surface area (Å²) in [6.45, 7) is 4.98. The summed E-state index contributed by atoms with van der Waals surface area (Å²) in [7, 11) is 3.44. The molecule has 5 nitrogen and oxygen atoms in total. The number of halogens is 1. The van der Waals surface area contributed by atoms with Gasteiger partial charge in [-0.2, -0.15) is 0 Å². The predicted molar refractivity (Wildman–Crippen MR) is 97.9 cm³/mol. The molecule has 1 aromatic rings. The second kappa shape index (κ2) is 12.7. The first-order valence-corrected chi connectivity index (χ1v) is 6.89. The molecule has 0 spiro atoms. The Morgan fingerprint density at radius 2 is 1.76 bits per heavy atom. The Balaban J connectivity index is 0.00000400. The number of nitrogens with zero attached hydrogens (tertiary/aromatic N) is 1. The van der Waals surface area contributed by atoms with Crippen LogP contribution in [0.2, 0.25) is 0 Å². The monoisotopic (exact) mass is 407 g/mol. The van der Waals surface area contributed by atoms with Gasteiger partial charge in [-0.3, -0.25) is 4.99 Å². The zero-order chi connectivity index (χ0) is 14.6. The lowest BCUT2D eigenvalue weighted by Gasteiger charge is -2.11. The maximum absolute atomic E-state index is 5.65. The Labute approximate surface area is 144 Å². The van der Waals surface area contributed by atoms with E-state index in [0.29, 0.717) is 13.2 Å². The van der Waals surface area contributed by atoms with Crippen molar-refractivity contribution in [2.45, 2.75) is 13.3 Å². The van der Waals surface area contributed by atoms with Crippen LogP contribution in [-0.2, 0) is 4.74 Å². The van der Waals surface area contributed by atoms with Crippen molar-refractivity contribution >= 4 is 29.9 Å². The van der Waals surface area contributed by atoms with Crippen LogP contribution in [0.15, 0.2) is 29.3 Å². The van der Waals surface area contributed by atoms with Crippen LogP contribution in [0.25, 0.3) is 0 Å². The molecule has 6 heteroatoms. The zero-order valence-electron chi connectivity index (χ0n) is 13.0. The second-order valence-electron chi connectivity index (χ2n) is 4.43. The summed E-state index contributed by atoms with van der Waals surface area (Å²) in [6, 6.07) is 8.09. The molecule has 1 aromatic carbocycles. The van der Waals surface area contributed by atoms with Crippen molar-refractivity contribution in [1.29, 1.82) is 0 Å². The van der Waals surface area contributed by atoms with E-state index in [-0.39, 0.29) is 24.0 Å². The van der Waals surface area contributed by atoms with E-state index in [0.717, 1.165) is 31.2 Å². The first kappa shape index (κ1) is 20.0. The van der Waals surface area contributed by atoms with Crippen LogP contribution in [0.3, 0.4) is 0 Å². The molecule has 120 valence electrons. The molecule has 0 heterocycles. The summed E-state index contributed by atoms with van der Waals surface area (Å²) in [4.78, 5) is 4.12. The highest BCUT2D eigenvalue weighted by Crippen LogP contribution is 2.11. The van der Waals surface area contributed by atoms with E-state index in [1.807, 2.05) is 12.1 Å². The average Bonchev–Trinajstić information content (AvgIpc) is 2.47. The molecule has 0 saturated heterocycles. The molecule has 21 heavy (non-hydrogen) atoms. The maximum Gasteiger partial charge on any atom is 0.191 e. The van der Waals surface area contributed by atoms with Crippen molar-refractivity contribution in [3.8, 4) is 5.75 Å². The van der Waals surface area contributed by atoms with Crippen molar-refractivity contribution < 1.29 is 9.47 Å². The maximum atomic E-state index is 5.65. The van der Waals surface area contributed by atoms with Gasteiger partial charge in [-0.05, 0) is 25.5 Å². The number of aryl methyl sites for hydroxylation is 1. The van der Waals surface area contributed by atoms with Crippen molar-refractivity contribution in [3.05, 3.63) is 29.8 Å². The Kier molecular flexibility index (Phi) is 12.1. The van der Waals surface area contributed by atoms with Gasteiger partial charge < -0.3 is 20.1 Å². The summed E-state index contributed by atoms with van der Waals surface area (Å²) in [5.74, 6) is 1.70. The topological polar surface area (TPSA) is 54.9 Å². The number of hydrogen-bond donors (Lipinski definition) is 2. The Morgan fingerprint density at radius 1 is 1.10 bits per heavy atom. The molecule has 0 atom stereocenters. The molecular weight excluding hydrogens is 381 g/mol. The highest BCUT2D eigenvalue weighted by molar-refractivity contribution is 14.0. The molecule has 0 amide bonds. The molecule has 0 aliphatic heterocycles. The summed E-state index contributed by atoms with van der Waals surface area (Å²) < 4.78 is 10.6. The van der Waals surface area contributed by atoms with Gasteiger partial charge in [0, 0.05) is 27.2 Å². The number of guanidine groups is 1. The highest BCUT2D eigenvalue weighted by atomic mass is 127. The smallest absolute Gasteiger partial charge is 0.191 e. The molecule has 0 fully saturated rings. The van der Waals surface area contributed by atoms with Crippen LogP contribution in [0.1, 0.15) is 12.0 Å². The van der Waals surface area contributed by atoms with E-state index in [1.54, 1.807) is 14.2 Å². The van der Waals surface area contributed by atoms with Gasteiger partial charge in [0.2, 0.25) is 0 Å². The number of rotatable bonds is 8. The second-order valence-corrected chi connectivity index (χ2v) is 4.43. The minimum Gasteiger partial charge on any atom is -0.494 e. The fourth-order valence-electron chi connectivity index (χ4n) is 1.60. The quantitative estimate of drug-likeness (QED) is 0.300. The highest BCUT2D eigenvalue weighted by Gasteiger charge is 1.97. The number of nitrogens with one attached hydrogen (secondary N) is 2. The van der Waals surface area contributed by atoms with Gasteiger partial charge >= 0.3 is 0 Å². The van der Waals surface area contributed by atoms with Gasteiger partial charge in [0.15, 0.2) is 5.96 Å². The standard InChI is InChI=1S/C15H25N3O2.HI/c1-13-5-7-14(8-6-13)20-11-4-9-17-15(16-2)18-10-12-19-3;/h5-8H,4,9-12H2,1-3H3,(H2,16,17,18);1H. The van der Waals surface area contributed by atoms with Crippen molar-refractivity contribution in [3.63, 3.8) is 0 Å². The van der Waals surface area contributed by atoms with Crippen LogP contribution in [0.4, 0.5) is 0 Å². The molecule has 0 aliphatic carbocycles. The molecule has 0 aromatic heterocycles. The molecular formula is C15H26IN3O2. The van der Waals surface area contributed by atoms with E-state index < -0.39 is 0 Å². The van der Waals surface area contributed by atoms with Crippen LogP contribution < -0.4 is 15.4 Å². The summed E-state index contributed by atoms with van der Waals surface area (Å²) >= 11 is 0. The number of aliphatic imine (C=N–C) groups is 1. The van der Waals surface area contributed by atoms with Crippen molar-refractivity contribution in [2.24, 2.45) is 4.99 Å². The fourth-order valence-corrected chi connectivity index (χ4v) is 1.60. The van der Waals surface area contributed by atoms with Crippen LogP contribution in [0.5, 0.6) is 5.75 Å². The minimum atomic E-state index is 0. The minimum absolute atomic E-state index is 0. The van der Waals surface area contributed by atoms with Gasteiger partial charge in [0.25, 0.3) is 0 Å². The Morgan fingerprint density at radius 3 is 2.38 bits per heavy atom. The summed E-state index contributed by atoms with van der Waals surface area (Å²) in [6.07, 6.45) is 0.916. The van der Waals surface area contributed by atoms with Gasteiger partial charge in [0.05, 0.1) is 13.2 Å². The molecule has 0 unspecified atom stereocenters. The summed E-state index contributed by atoms with van der Waals surface area (Å²) in [5.41, 5.74) is 1.24.